The molecule has 2 N–H and O–H groups in total. The summed E-state index contributed by atoms with van der Waals surface area (Å²) in [5.41, 5.74) is 0.881. The predicted octanol–water partition coefficient (Wildman–Crippen LogP) is 2.38. The summed E-state index contributed by atoms with van der Waals surface area (Å²) in [6.45, 7) is 1.92. The number of benzene rings is 1. The van der Waals surface area contributed by atoms with E-state index in [-0.39, 0.29) is 30.0 Å². The summed E-state index contributed by atoms with van der Waals surface area (Å²) in [5.74, 6) is -0.247. The van der Waals surface area contributed by atoms with Crippen molar-refractivity contribution in [1.29, 1.82) is 0 Å². The molecule has 21 heavy (non-hydrogen) atoms. The Morgan fingerprint density at radius 2 is 2.33 bits per heavy atom. The Hall–Kier alpha value is -1.62. The second-order valence-electron chi connectivity index (χ2n) is 6.07. The number of carbonyl (C=O) groups excluding carboxylic acids is 1. The standard InChI is InChI=1S/C16H21FN2O2/c1-10(7-11-3-2-4-12(17)8-11)18-16(20)19-14-9-13-5-6-15(14)21-13/h2-4,8,10,13-15H,5-7,9H2,1H3,(H2,18,19,20)/t10-,13-,14-,15-/m1/s1. The van der Waals surface area contributed by atoms with Gasteiger partial charge in [0.25, 0.3) is 0 Å². The summed E-state index contributed by atoms with van der Waals surface area (Å²) in [6, 6.07) is 6.38. The molecule has 2 aliphatic heterocycles. The van der Waals surface area contributed by atoms with E-state index in [1.54, 1.807) is 6.07 Å². The summed E-state index contributed by atoms with van der Waals surface area (Å²) < 4.78 is 18.8. The molecule has 2 bridgehead atoms. The highest BCUT2D eigenvalue weighted by atomic mass is 19.1. The zero-order chi connectivity index (χ0) is 14.8. The minimum Gasteiger partial charge on any atom is -0.373 e. The summed E-state index contributed by atoms with van der Waals surface area (Å²) >= 11 is 0. The molecule has 2 fully saturated rings. The van der Waals surface area contributed by atoms with Gasteiger partial charge in [-0.2, -0.15) is 0 Å². The summed E-state index contributed by atoms with van der Waals surface area (Å²) in [7, 11) is 0. The summed E-state index contributed by atoms with van der Waals surface area (Å²) in [5, 5.41) is 5.90. The fourth-order valence-corrected chi connectivity index (χ4v) is 3.29. The molecule has 2 heterocycles. The number of ether oxygens (including phenoxy) is 1. The largest absolute Gasteiger partial charge is 0.373 e. The number of nitrogens with one attached hydrogen (secondary N) is 2. The molecule has 4 atom stereocenters. The van der Waals surface area contributed by atoms with Gasteiger partial charge in [-0.1, -0.05) is 12.1 Å². The first-order chi connectivity index (χ1) is 10.1. The van der Waals surface area contributed by atoms with Crippen molar-refractivity contribution in [3.8, 4) is 0 Å². The van der Waals surface area contributed by atoms with Gasteiger partial charge in [-0.25, -0.2) is 9.18 Å². The first-order valence-electron chi connectivity index (χ1n) is 7.57. The van der Waals surface area contributed by atoms with Gasteiger partial charge in [0, 0.05) is 6.04 Å². The first-order valence-corrected chi connectivity index (χ1v) is 7.57. The van der Waals surface area contributed by atoms with Crippen molar-refractivity contribution in [3.63, 3.8) is 0 Å². The number of hydrogen-bond donors (Lipinski definition) is 2. The van der Waals surface area contributed by atoms with Crippen molar-refractivity contribution in [2.45, 2.75) is 56.9 Å². The maximum Gasteiger partial charge on any atom is 0.315 e. The van der Waals surface area contributed by atoms with E-state index < -0.39 is 0 Å². The Bertz CT molecular complexity index is 523. The van der Waals surface area contributed by atoms with Crippen LogP contribution in [-0.4, -0.2) is 30.3 Å². The van der Waals surface area contributed by atoms with Gasteiger partial charge in [0.15, 0.2) is 0 Å². The van der Waals surface area contributed by atoms with Gasteiger partial charge in [0.05, 0.1) is 18.2 Å². The molecule has 0 unspecified atom stereocenters. The lowest BCUT2D eigenvalue weighted by Crippen LogP contribution is -2.49. The van der Waals surface area contributed by atoms with Gasteiger partial charge in [0.1, 0.15) is 5.82 Å². The molecule has 2 aliphatic rings. The van der Waals surface area contributed by atoms with Crippen LogP contribution in [0.1, 0.15) is 31.7 Å². The molecule has 0 saturated carbocycles. The van der Waals surface area contributed by atoms with E-state index in [1.165, 1.54) is 12.1 Å². The highest BCUT2D eigenvalue weighted by Crippen LogP contribution is 2.34. The Morgan fingerprint density at radius 1 is 1.48 bits per heavy atom. The van der Waals surface area contributed by atoms with Crippen LogP contribution in [0.4, 0.5) is 9.18 Å². The molecule has 2 saturated heterocycles. The van der Waals surface area contributed by atoms with Gasteiger partial charge in [-0.15, -0.1) is 0 Å². The van der Waals surface area contributed by atoms with Crippen LogP contribution >= 0.6 is 0 Å². The van der Waals surface area contributed by atoms with Crippen molar-refractivity contribution in [2.24, 2.45) is 0 Å². The van der Waals surface area contributed by atoms with Gasteiger partial charge >= 0.3 is 6.03 Å². The monoisotopic (exact) mass is 292 g/mol. The average Bonchev–Trinajstić information content (AvgIpc) is 3.00. The lowest BCUT2D eigenvalue weighted by Gasteiger charge is -2.22. The smallest absolute Gasteiger partial charge is 0.315 e. The zero-order valence-electron chi connectivity index (χ0n) is 12.1. The molecule has 3 rings (SSSR count). The maximum atomic E-state index is 13.1. The molecule has 5 heteroatoms. The highest BCUT2D eigenvalue weighted by Gasteiger charge is 2.41. The van der Waals surface area contributed by atoms with Gasteiger partial charge in [-0.05, 0) is 50.3 Å². The van der Waals surface area contributed by atoms with Gasteiger partial charge < -0.3 is 15.4 Å². The first kappa shape index (κ1) is 14.3. The molecule has 1 aromatic rings. The molecule has 114 valence electrons. The van der Waals surface area contributed by atoms with Crippen LogP contribution in [0.2, 0.25) is 0 Å². The number of rotatable bonds is 4. The number of halogens is 1. The van der Waals surface area contributed by atoms with E-state index in [1.807, 2.05) is 13.0 Å². The molecule has 0 radical (unpaired) electrons. The van der Waals surface area contributed by atoms with Crippen LogP contribution in [0.15, 0.2) is 24.3 Å². The number of hydrogen-bond acceptors (Lipinski definition) is 2. The van der Waals surface area contributed by atoms with E-state index in [4.69, 9.17) is 4.74 Å². The maximum absolute atomic E-state index is 13.1. The zero-order valence-corrected chi connectivity index (χ0v) is 12.1. The Labute approximate surface area is 124 Å². The number of fused-ring (bicyclic) bond motifs is 2. The van der Waals surface area contributed by atoms with Gasteiger partial charge in [0.2, 0.25) is 0 Å². The highest BCUT2D eigenvalue weighted by molar-refractivity contribution is 5.74. The van der Waals surface area contributed by atoms with Crippen LogP contribution in [0.3, 0.4) is 0 Å². The SMILES string of the molecule is C[C@H](Cc1cccc(F)c1)NC(=O)N[C@@H]1C[C@H]2CC[C@H]1O2. The number of urea groups is 1. The lowest BCUT2D eigenvalue weighted by atomic mass is 9.96. The third kappa shape index (κ3) is 3.53. The molecule has 0 aromatic heterocycles. The van der Waals surface area contributed by atoms with Crippen molar-refractivity contribution < 1.29 is 13.9 Å². The minimum absolute atomic E-state index is 0.0497. The topological polar surface area (TPSA) is 50.4 Å². The summed E-state index contributed by atoms with van der Waals surface area (Å²) in [4.78, 5) is 12.0. The Kier molecular flexibility index (Phi) is 4.10. The van der Waals surface area contributed by atoms with E-state index in [0.29, 0.717) is 12.5 Å². The van der Waals surface area contributed by atoms with Crippen molar-refractivity contribution >= 4 is 6.03 Å². The third-order valence-corrected chi connectivity index (χ3v) is 4.23. The van der Waals surface area contributed by atoms with Crippen molar-refractivity contribution in [2.75, 3.05) is 0 Å². The minimum atomic E-state index is -0.247. The molecule has 0 aliphatic carbocycles. The van der Waals surface area contributed by atoms with Crippen molar-refractivity contribution in [3.05, 3.63) is 35.6 Å². The summed E-state index contributed by atoms with van der Waals surface area (Å²) in [6.07, 6.45) is 4.17. The normalized spacial score (nSPS) is 28.4. The number of amides is 2. The second kappa shape index (κ2) is 6.02. The third-order valence-electron chi connectivity index (χ3n) is 4.23. The second-order valence-corrected chi connectivity index (χ2v) is 6.07. The molecule has 4 nitrogen and oxygen atoms in total. The Balaban J connectivity index is 1.46. The van der Waals surface area contributed by atoms with Crippen LogP contribution in [0, 0.1) is 5.82 Å². The quantitative estimate of drug-likeness (QED) is 0.895. The van der Waals surface area contributed by atoms with E-state index in [9.17, 15) is 9.18 Å². The fourth-order valence-electron chi connectivity index (χ4n) is 3.29. The molecule has 2 amide bonds. The molecular formula is C16H21FN2O2. The van der Waals surface area contributed by atoms with Crippen LogP contribution in [0.25, 0.3) is 0 Å². The lowest BCUT2D eigenvalue weighted by molar-refractivity contribution is 0.0980. The van der Waals surface area contributed by atoms with E-state index in [2.05, 4.69) is 10.6 Å². The van der Waals surface area contributed by atoms with E-state index in [0.717, 1.165) is 24.8 Å². The van der Waals surface area contributed by atoms with Gasteiger partial charge in [-0.3, -0.25) is 0 Å². The molecule has 0 spiro atoms. The predicted molar refractivity (Wildman–Crippen MR) is 77.5 cm³/mol. The van der Waals surface area contributed by atoms with Crippen LogP contribution < -0.4 is 10.6 Å². The van der Waals surface area contributed by atoms with Crippen LogP contribution in [0.5, 0.6) is 0 Å². The fraction of sp³-hybridized carbons (Fsp3) is 0.562. The Morgan fingerprint density at radius 3 is 3.00 bits per heavy atom. The molecule has 1 aromatic carbocycles. The van der Waals surface area contributed by atoms with Crippen molar-refractivity contribution in [1.82, 2.24) is 10.6 Å². The molecular weight excluding hydrogens is 271 g/mol. The average molecular weight is 292 g/mol. The van der Waals surface area contributed by atoms with Crippen LogP contribution in [-0.2, 0) is 11.2 Å². The number of carbonyl (C=O) groups is 1. The van der Waals surface area contributed by atoms with E-state index >= 15 is 0 Å².